The second-order valence-corrected chi connectivity index (χ2v) is 11.4. The first-order valence-electron chi connectivity index (χ1n) is 12.4. The number of nitrogens with one attached hydrogen (secondary N) is 1. The summed E-state index contributed by atoms with van der Waals surface area (Å²) in [6.45, 7) is 14.7. The summed E-state index contributed by atoms with van der Waals surface area (Å²) in [6, 6.07) is 15.7. The molecule has 3 unspecified atom stereocenters. The molecule has 3 aromatic rings. The molecule has 2 aliphatic heterocycles. The molecule has 194 valence electrons. The molecule has 5 nitrogen and oxygen atoms in total. The van der Waals surface area contributed by atoms with E-state index in [0.29, 0.717) is 24.6 Å². The monoisotopic (exact) mass is 542 g/mol. The van der Waals surface area contributed by atoms with E-state index in [2.05, 4.69) is 30.4 Å². The average molecular weight is 543 g/mol. The number of aromatic nitrogens is 1. The largest absolute Gasteiger partial charge is 0.493 e. The van der Waals surface area contributed by atoms with E-state index in [0.717, 1.165) is 39.3 Å². The predicted molar refractivity (Wildman–Crippen MR) is 156 cm³/mol. The number of pyridine rings is 1. The number of carbonyl (C=O) groups excluding carboxylic acids is 1. The molecule has 0 radical (unpaired) electrons. The number of nitrogens with zero attached hydrogens (tertiary/aromatic N) is 1. The molecule has 1 aromatic carbocycles. The molecule has 1 saturated heterocycles. The number of piperidine rings is 1. The van der Waals surface area contributed by atoms with Crippen molar-refractivity contribution in [2.24, 2.45) is 0 Å². The van der Waals surface area contributed by atoms with Gasteiger partial charge in [-0.25, -0.2) is 4.98 Å². The summed E-state index contributed by atoms with van der Waals surface area (Å²) < 4.78 is 12.2. The number of amides is 1. The quantitative estimate of drug-likeness (QED) is 0.243. The molecule has 1 amide bonds. The Morgan fingerprint density at radius 3 is 2.84 bits per heavy atom. The van der Waals surface area contributed by atoms with Gasteiger partial charge in [0.05, 0.1) is 12.3 Å². The Labute approximate surface area is 232 Å². The van der Waals surface area contributed by atoms with Crippen LogP contribution < -0.4 is 14.8 Å². The van der Waals surface area contributed by atoms with Crippen LogP contribution in [0, 0.1) is 0 Å². The van der Waals surface area contributed by atoms with Gasteiger partial charge in [-0.15, -0.1) is 11.8 Å². The third kappa shape index (κ3) is 5.08. The molecule has 2 aromatic heterocycles. The Morgan fingerprint density at radius 1 is 1.26 bits per heavy atom. The van der Waals surface area contributed by atoms with E-state index in [1.807, 2.05) is 66.9 Å². The summed E-state index contributed by atoms with van der Waals surface area (Å²) in [7, 11) is 0. The maximum atomic E-state index is 13.6. The van der Waals surface area contributed by atoms with Crippen molar-refractivity contribution in [2.45, 2.75) is 36.7 Å². The molecule has 5 rings (SSSR count). The third-order valence-electron chi connectivity index (χ3n) is 6.71. The van der Waals surface area contributed by atoms with Crippen LogP contribution in [0.3, 0.4) is 0 Å². The van der Waals surface area contributed by atoms with Gasteiger partial charge < -0.3 is 14.8 Å². The van der Waals surface area contributed by atoms with Crippen LogP contribution >= 0.6 is 23.1 Å². The van der Waals surface area contributed by atoms with Crippen molar-refractivity contribution in [1.29, 1.82) is 0 Å². The summed E-state index contributed by atoms with van der Waals surface area (Å²) in [6.07, 6.45) is 4.68. The van der Waals surface area contributed by atoms with Crippen molar-refractivity contribution in [1.82, 2.24) is 10.3 Å². The highest BCUT2D eigenvalue weighted by molar-refractivity contribution is 8.04. The van der Waals surface area contributed by atoms with Gasteiger partial charge in [0.2, 0.25) is 11.8 Å². The molecule has 0 spiro atoms. The predicted octanol–water partition coefficient (Wildman–Crippen LogP) is 7.11. The molecule has 0 saturated carbocycles. The van der Waals surface area contributed by atoms with Gasteiger partial charge in [-0.1, -0.05) is 55.7 Å². The lowest BCUT2D eigenvalue weighted by Crippen LogP contribution is -2.55. The molecule has 3 atom stereocenters. The number of thiophene rings is 1. The van der Waals surface area contributed by atoms with E-state index in [-0.39, 0.29) is 12.0 Å². The molecule has 1 fully saturated rings. The van der Waals surface area contributed by atoms with Gasteiger partial charge >= 0.3 is 0 Å². The van der Waals surface area contributed by atoms with E-state index in [4.69, 9.17) is 14.5 Å². The maximum absolute atomic E-state index is 13.6. The summed E-state index contributed by atoms with van der Waals surface area (Å²) in [4.78, 5) is 19.5. The van der Waals surface area contributed by atoms with Gasteiger partial charge in [-0.05, 0) is 53.1 Å². The first-order valence-corrected chi connectivity index (χ1v) is 14.3. The van der Waals surface area contributed by atoms with Crippen LogP contribution in [-0.2, 0) is 10.3 Å². The number of fused-ring (bicyclic) bond motifs is 1. The minimum absolute atomic E-state index is 0.111. The van der Waals surface area contributed by atoms with Gasteiger partial charge in [-0.3, -0.25) is 4.79 Å². The highest BCUT2D eigenvalue weighted by Gasteiger charge is 2.46. The van der Waals surface area contributed by atoms with Crippen LogP contribution in [-0.4, -0.2) is 22.7 Å². The van der Waals surface area contributed by atoms with Crippen LogP contribution in [0.1, 0.15) is 42.7 Å². The van der Waals surface area contributed by atoms with Crippen molar-refractivity contribution in [3.05, 3.63) is 124 Å². The molecule has 7 heteroatoms. The summed E-state index contributed by atoms with van der Waals surface area (Å²) in [5.74, 6) is 1.24. The highest BCUT2D eigenvalue weighted by Crippen LogP contribution is 2.44. The average Bonchev–Trinajstić information content (AvgIpc) is 3.46. The Hall–Kier alpha value is -3.55. The van der Waals surface area contributed by atoms with Crippen LogP contribution in [0.2, 0.25) is 0 Å². The van der Waals surface area contributed by atoms with Crippen molar-refractivity contribution in [2.75, 3.05) is 6.61 Å². The first-order chi connectivity index (χ1) is 18.4. The van der Waals surface area contributed by atoms with Crippen molar-refractivity contribution in [3.63, 3.8) is 0 Å². The summed E-state index contributed by atoms with van der Waals surface area (Å²) in [5, 5.41) is 6.95. The summed E-state index contributed by atoms with van der Waals surface area (Å²) >= 11 is 3.04. The highest BCUT2D eigenvalue weighted by atomic mass is 32.2. The van der Waals surface area contributed by atoms with E-state index in [1.165, 1.54) is 11.8 Å². The maximum Gasteiger partial charge on any atom is 0.238 e. The standard InChI is InChI=1S/C31H30N2O3S2/c1-5-9-26(20(2)3)38-29-21(4)18-31(33-30(29)34,22-15-17-37-19-22)27-12-8-13-28(32-27)36-25-14-16-35-24-11-7-6-10-23(24)25/h5-13,15,17,19,25,29H,1-2,4,14,16,18H2,3H3,(H,33,34)/b26-9+. The van der Waals surface area contributed by atoms with Gasteiger partial charge in [0, 0.05) is 29.4 Å². The minimum atomic E-state index is -0.844. The number of thioether (sulfide) groups is 1. The molecule has 4 heterocycles. The van der Waals surface area contributed by atoms with Crippen LogP contribution in [0.25, 0.3) is 0 Å². The molecule has 1 N–H and O–H groups in total. The molecule has 0 bridgehead atoms. The Morgan fingerprint density at radius 2 is 2.11 bits per heavy atom. The van der Waals surface area contributed by atoms with Gasteiger partial charge in [-0.2, -0.15) is 11.3 Å². The van der Waals surface area contributed by atoms with Crippen molar-refractivity contribution in [3.8, 4) is 11.6 Å². The van der Waals surface area contributed by atoms with Crippen LogP contribution in [0.4, 0.5) is 0 Å². The Kier molecular flexibility index (Phi) is 7.58. The second-order valence-electron chi connectivity index (χ2n) is 9.43. The normalized spacial score (nSPS) is 23.1. The lowest BCUT2D eigenvalue weighted by Gasteiger charge is -2.41. The van der Waals surface area contributed by atoms with E-state index in [9.17, 15) is 4.79 Å². The van der Waals surface area contributed by atoms with Crippen molar-refractivity contribution >= 4 is 29.0 Å². The first kappa shape index (κ1) is 26.1. The molecule has 38 heavy (non-hydrogen) atoms. The topological polar surface area (TPSA) is 60.5 Å². The molecule has 0 aliphatic carbocycles. The number of benzene rings is 1. The number of para-hydroxylation sites is 1. The fraction of sp³-hybridized carbons (Fsp3) is 0.226. The SMILES string of the molecule is C=C/C=C(/SC1C(=C)CC(c2ccsc2)(c2cccc(OC3CCOc4ccccc43)n2)NC1=O)C(=C)C. The molecule has 2 aliphatic rings. The Balaban J connectivity index is 1.47. The minimum Gasteiger partial charge on any atom is -0.493 e. The number of rotatable bonds is 8. The fourth-order valence-electron chi connectivity index (χ4n) is 4.87. The number of ether oxygens (including phenoxy) is 2. The van der Waals surface area contributed by atoms with Crippen molar-refractivity contribution < 1.29 is 14.3 Å². The van der Waals surface area contributed by atoms with Crippen LogP contribution in [0.5, 0.6) is 11.6 Å². The third-order valence-corrected chi connectivity index (χ3v) is 8.92. The zero-order chi connectivity index (χ0) is 26.7. The second kappa shape index (κ2) is 11.1. The zero-order valence-electron chi connectivity index (χ0n) is 21.3. The van der Waals surface area contributed by atoms with Gasteiger partial charge in [0.15, 0.2) is 0 Å². The zero-order valence-corrected chi connectivity index (χ0v) is 22.9. The van der Waals surface area contributed by atoms with Gasteiger partial charge in [0.1, 0.15) is 22.6 Å². The van der Waals surface area contributed by atoms with E-state index in [1.54, 1.807) is 17.4 Å². The number of carbonyl (C=O) groups is 1. The summed E-state index contributed by atoms with van der Waals surface area (Å²) in [5.41, 5.74) is 3.57. The number of hydrogen-bond acceptors (Lipinski definition) is 6. The number of allylic oxidation sites excluding steroid dienone is 3. The van der Waals surface area contributed by atoms with Crippen LogP contribution in [0.15, 0.2) is 107 Å². The van der Waals surface area contributed by atoms with E-state index < -0.39 is 10.8 Å². The lowest BCUT2D eigenvalue weighted by molar-refractivity contribution is -0.122. The number of hydrogen-bond donors (Lipinski definition) is 1. The van der Waals surface area contributed by atoms with Gasteiger partial charge in [0.25, 0.3) is 0 Å². The van der Waals surface area contributed by atoms with E-state index >= 15 is 0 Å². The molecular formula is C31H30N2O3S2. The lowest BCUT2D eigenvalue weighted by atomic mass is 9.78. The molecular weight excluding hydrogens is 512 g/mol. The fourth-order valence-corrected chi connectivity index (χ4v) is 6.65. The Bertz CT molecular complexity index is 1390. The smallest absolute Gasteiger partial charge is 0.238 e.